The second-order valence-electron chi connectivity index (χ2n) is 8.26. The van der Waals surface area contributed by atoms with Gasteiger partial charge in [0.15, 0.2) is 0 Å². The number of aromatic nitrogens is 4. The Hall–Kier alpha value is -2.88. The zero-order chi connectivity index (χ0) is 22.4. The monoisotopic (exact) mass is 452 g/mol. The van der Waals surface area contributed by atoms with Crippen molar-refractivity contribution in [2.45, 2.75) is 24.3 Å². The number of halogens is 1. The summed E-state index contributed by atoms with van der Waals surface area (Å²) in [6.07, 6.45) is 6.25. The average molecular weight is 453 g/mol. The molecule has 4 aromatic rings. The molecule has 1 aliphatic rings. The van der Waals surface area contributed by atoms with Crippen LogP contribution >= 0.6 is 0 Å². The molecular weight excluding hydrogens is 427 g/mol. The fourth-order valence-electron chi connectivity index (χ4n) is 4.34. The minimum atomic E-state index is -1.23. The number of rotatable bonds is 5. The zero-order valence-electron chi connectivity index (χ0n) is 18.3. The molecular formula is C23H25FN6OS. The van der Waals surface area contributed by atoms with Gasteiger partial charge in [-0.1, -0.05) is 0 Å². The molecule has 166 valence electrons. The predicted molar refractivity (Wildman–Crippen MR) is 124 cm³/mol. The number of hydrogen-bond donors (Lipinski definition) is 0. The summed E-state index contributed by atoms with van der Waals surface area (Å²) in [6, 6.07) is 10.8. The lowest BCUT2D eigenvalue weighted by Crippen LogP contribution is -2.39. The van der Waals surface area contributed by atoms with Crippen molar-refractivity contribution < 1.29 is 8.94 Å². The maximum atomic E-state index is 13.3. The van der Waals surface area contributed by atoms with Gasteiger partial charge in [0, 0.05) is 38.3 Å². The van der Waals surface area contributed by atoms with Crippen LogP contribution in [0.1, 0.15) is 12.0 Å². The third kappa shape index (κ3) is 3.76. The second-order valence-corrected chi connectivity index (χ2v) is 9.81. The molecule has 0 saturated carbocycles. The Kier molecular flexibility index (Phi) is 5.40. The summed E-state index contributed by atoms with van der Waals surface area (Å²) < 4.78 is 31.7. The van der Waals surface area contributed by atoms with E-state index in [2.05, 4.69) is 34.2 Å². The van der Waals surface area contributed by atoms with E-state index in [1.165, 1.54) is 17.8 Å². The van der Waals surface area contributed by atoms with Crippen LogP contribution in [-0.4, -0.2) is 54.6 Å². The molecule has 9 heteroatoms. The van der Waals surface area contributed by atoms with E-state index in [-0.39, 0.29) is 11.9 Å². The van der Waals surface area contributed by atoms with Crippen LogP contribution in [0.4, 0.5) is 10.1 Å². The minimum Gasteiger partial charge on any atom is -0.593 e. The van der Waals surface area contributed by atoms with E-state index in [9.17, 15) is 8.94 Å². The normalized spacial score (nSPS) is 17.6. The molecule has 2 aromatic heterocycles. The second kappa shape index (κ2) is 8.23. The molecule has 2 atom stereocenters. The van der Waals surface area contributed by atoms with Gasteiger partial charge in [0.2, 0.25) is 4.90 Å². The highest BCUT2D eigenvalue weighted by Gasteiger charge is 2.34. The molecule has 7 nitrogen and oxygen atoms in total. The SMILES string of the molecule is Cc1cc2c(cnn2-c2ccc(F)cc2)cc1N1CCC(N(C)[S+]([O-])c2cnn(C)c2)C1. The van der Waals surface area contributed by atoms with E-state index in [1.807, 2.05) is 29.3 Å². The lowest BCUT2D eigenvalue weighted by Gasteiger charge is -2.26. The number of aryl methyl sites for hydroxylation is 2. The fourth-order valence-corrected chi connectivity index (χ4v) is 5.50. The van der Waals surface area contributed by atoms with Crippen molar-refractivity contribution in [2.24, 2.45) is 7.05 Å². The van der Waals surface area contributed by atoms with Crippen LogP contribution < -0.4 is 4.90 Å². The van der Waals surface area contributed by atoms with E-state index >= 15 is 0 Å². The topological polar surface area (TPSA) is 65.2 Å². The first kappa shape index (κ1) is 21.0. The molecule has 3 heterocycles. The minimum absolute atomic E-state index is 0.188. The quantitative estimate of drug-likeness (QED) is 0.434. The molecule has 0 aliphatic carbocycles. The first-order chi connectivity index (χ1) is 15.4. The van der Waals surface area contributed by atoms with Crippen molar-refractivity contribution in [1.82, 2.24) is 23.9 Å². The summed E-state index contributed by atoms with van der Waals surface area (Å²) in [7, 11) is 3.75. The van der Waals surface area contributed by atoms with Gasteiger partial charge in [-0.15, -0.1) is 4.31 Å². The summed E-state index contributed by atoms with van der Waals surface area (Å²) in [6.45, 7) is 3.81. The van der Waals surface area contributed by atoms with E-state index in [0.29, 0.717) is 0 Å². The Morgan fingerprint density at radius 1 is 1.16 bits per heavy atom. The Morgan fingerprint density at radius 2 is 1.94 bits per heavy atom. The highest BCUT2D eigenvalue weighted by atomic mass is 32.2. The first-order valence-electron chi connectivity index (χ1n) is 10.5. The molecule has 0 N–H and O–H groups in total. The van der Waals surface area contributed by atoms with Crippen LogP contribution in [0.2, 0.25) is 0 Å². The van der Waals surface area contributed by atoms with Crippen molar-refractivity contribution in [2.75, 3.05) is 25.0 Å². The number of anilines is 1. The summed E-state index contributed by atoms with van der Waals surface area (Å²) >= 11 is -1.23. The molecule has 5 rings (SSSR count). The van der Waals surface area contributed by atoms with Gasteiger partial charge in [0.1, 0.15) is 12.0 Å². The molecule has 1 aliphatic heterocycles. The summed E-state index contributed by atoms with van der Waals surface area (Å²) in [5.74, 6) is -0.262. The average Bonchev–Trinajstić information content (AvgIpc) is 3.52. The summed E-state index contributed by atoms with van der Waals surface area (Å²) in [4.78, 5) is 3.07. The number of fused-ring (bicyclic) bond motifs is 1. The highest BCUT2D eigenvalue weighted by Crippen LogP contribution is 2.32. The van der Waals surface area contributed by atoms with E-state index in [1.54, 1.807) is 29.2 Å². The lowest BCUT2D eigenvalue weighted by atomic mass is 10.1. The Bertz CT molecular complexity index is 1250. The molecule has 0 bridgehead atoms. The number of hydrogen-bond acceptors (Lipinski definition) is 5. The largest absolute Gasteiger partial charge is 0.593 e. The maximum absolute atomic E-state index is 13.3. The predicted octanol–water partition coefficient (Wildman–Crippen LogP) is 3.44. The van der Waals surface area contributed by atoms with E-state index in [4.69, 9.17) is 0 Å². The van der Waals surface area contributed by atoms with Crippen molar-refractivity contribution in [3.8, 4) is 5.69 Å². The molecule has 1 saturated heterocycles. The van der Waals surface area contributed by atoms with Gasteiger partial charge in [0.05, 0.1) is 41.0 Å². The van der Waals surface area contributed by atoms with Crippen LogP contribution in [0.25, 0.3) is 16.6 Å². The first-order valence-corrected chi connectivity index (χ1v) is 11.6. The van der Waals surface area contributed by atoms with Gasteiger partial charge in [-0.25, -0.2) is 9.07 Å². The van der Waals surface area contributed by atoms with Crippen molar-refractivity contribution in [3.63, 3.8) is 0 Å². The Morgan fingerprint density at radius 3 is 2.66 bits per heavy atom. The maximum Gasteiger partial charge on any atom is 0.211 e. The van der Waals surface area contributed by atoms with Gasteiger partial charge in [-0.05, 0) is 55.3 Å². The Labute approximate surface area is 189 Å². The zero-order valence-corrected chi connectivity index (χ0v) is 19.1. The molecule has 2 unspecified atom stereocenters. The molecule has 2 aromatic carbocycles. The highest BCUT2D eigenvalue weighted by molar-refractivity contribution is 7.89. The standard InChI is InChI=1S/C23H25FN6OS/c1-16-10-23-17(12-26-30(23)19-6-4-18(24)5-7-19)11-22(16)29-9-8-20(14-29)28(3)32(31)21-13-25-27(2)15-21/h4-7,10-13,15,20H,8-9,14H2,1-3H3. The lowest BCUT2D eigenvalue weighted by molar-refractivity contribution is 0.390. The smallest absolute Gasteiger partial charge is 0.211 e. The van der Waals surface area contributed by atoms with Crippen LogP contribution in [0.15, 0.2) is 59.9 Å². The molecule has 0 amide bonds. The molecule has 0 radical (unpaired) electrons. The number of nitrogens with zero attached hydrogens (tertiary/aromatic N) is 6. The molecule has 32 heavy (non-hydrogen) atoms. The summed E-state index contributed by atoms with van der Waals surface area (Å²) in [5.41, 5.74) is 4.13. The summed E-state index contributed by atoms with van der Waals surface area (Å²) in [5, 5.41) is 9.70. The molecule has 0 spiro atoms. The van der Waals surface area contributed by atoms with E-state index in [0.717, 1.165) is 46.6 Å². The fraction of sp³-hybridized carbons (Fsp3) is 0.304. The van der Waals surface area contributed by atoms with Gasteiger partial charge < -0.3 is 9.45 Å². The third-order valence-corrected chi connectivity index (χ3v) is 7.55. The van der Waals surface area contributed by atoms with Crippen molar-refractivity contribution in [1.29, 1.82) is 0 Å². The van der Waals surface area contributed by atoms with Gasteiger partial charge >= 0.3 is 0 Å². The van der Waals surface area contributed by atoms with Gasteiger partial charge in [0.25, 0.3) is 0 Å². The van der Waals surface area contributed by atoms with Crippen molar-refractivity contribution >= 4 is 28.0 Å². The van der Waals surface area contributed by atoms with Crippen molar-refractivity contribution in [3.05, 3.63) is 66.4 Å². The van der Waals surface area contributed by atoms with Crippen LogP contribution in [-0.2, 0) is 18.4 Å². The van der Waals surface area contributed by atoms with Gasteiger partial charge in [-0.3, -0.25) is 4.68 Å². The Balaban J connectivity index is 1.37. The van der Waals surface area contributed by atoms with Crippen LogP contribution in [0.5, 0.6) is 0 Å². The number of benzene rings is 2. The third-order valence-electron chi connectivity index (χ3n) is 6.12. The number of likely N-dealkylation sites (N-methyl/N-ethyl adjacent to an activating group) is 1. The van der Waals surface area contributed by atoms with Crippen LogP contribution in [0.3, 0.4) is 0 Å². The molecule has 1 fully saturated rings. The van der Waals surface area contributed by atoms with Gasteiger partial charge in [-0.2, -0.15) is 10.2 Å². The van der Waals surface area contributed by atoms with E-state index < -0.39 is 11.4 Å². The van der Waals surface area contributed by atoms with Crippen LogP contribution in [0, 0.1) is 12.7 Å².